The zero-order chi connectivity index (χ0) is 14.2. The minimum Gasteiger partial charge on any atom is -0.374 e. The summed E-state index contributed by atoms with van der Waals surface area (Å²) in [5, 5.41) is 3.41. The van der Waals surface area contributed by atoms with E-state index in [-0.39, 0.29) is 17.4 Å². The van der Waals surface area contributed by atoms with Crippen LogP contribution in [0.4, 0.5) is 0 Å². The monoisotopic (exact) mass is 279 g/mol. The third-order valence-electron chi connectivity index (χ3n) is 2.47. The third kappa shape index (κ3) is 12.3. The summed E-state index contributed by atoms with van der Waals surface area (Å²) >= 11 is 0. The molecular weight excluding hydrogens is 250 g/mol. The van der Waals surface area contributed by atoms with Gasteiger partial charge in [-0.25, -0.2) is 8.42 Å². The van der Waals surface area contributed by atoms with Gasteiger partial charge in [0.05, 0.1) is 12.2 Å². The number of sulfone groups is 1. The summed E-state index contributed by atoms with van der Waals surface area (Å²) in [5.41, 5.74) is -0.150. The molecule has 0 aliphatic carbocycles. The Hall–Kier alpha value is -0.130. The molecule has 5 heteroatoms. The lowest BCUT2D eigenvalue weighted by atomic mass is 10.1. The molecule has 0 aliphatic rings. The summed E-state index contributed by atoms with van der Waals surface area (Å²) in [5.74, 6) is 0.257. The van der Waals surface area contributed by atoms with Crippen LogP contribution in [0, 0.1) is 0 Å². The highest BCUT2D eigenvalue weighted by Gasteiger charge is 2.15. The second-order valence-corrected chi connectivity index (χ2v) is 8.11. The maximum atomic E-state index is 11.1. The summed E-state index contributed by atoms with van der Waals surface area (Å²) < 4.78 is 27.9. The summed E-state index contributed by atoms with van der Waals surface area (Å²) in [6.07, 6.45) is 3.88. The van der Waals surface area contributed by atoms with Gasteiger partial charge in [-0.3, -0.25) is 0 Å². The highest BCUT2D eigenvalue weighted by Crippen LogP contribution is 2.09. The Labute approximate surface area is 112 Å². The Morgan fingerprint density at radius 3 is 2.33 bits per heavy atom. The predicted octanol–water partition coefficient (Wildman–Crippen LogP) is 1.99. The smallest absolute Gasteiger partial charge is 0.147 e. The van der Waals surface area contributed by atoms with Crippen molar-refractivity contribution in [3.05, 3.63) is 0 Å². The first-order valence-corrected chi connectivity index (χ1v) is 8.75. The van der Waals surface area contributed by atoms with E-state index in [1.54, 1.807) is 0 Å². The average molecular weight is 279 g/mol. The molecule has 0 amide bonds. The first kappa shape index (κ1) is 17.9. The summed E-state index contributed by atoms with van der Waals surface area (Å²) in [6.45, 7) is 9.77. The van der Waals surface area contributed by atoms with Gasteiger partial charge < -0.3 is 10.1 Å². The van der Waals surface area contributed by atoms with Gasteiger partial charge in [-0.1, -0.05) is 6.92 Å². The fourth-order valence-corrected chi connectivity index (χ4v) is 2.23. The van der Waals surface area contributed by atoms with E-state index in [0.29, 0.717) is 13.0 Å². The standard InChI is InChI=1S/C13H29NO3S/c1-6-9-14-12(11-17-13(2,3)4)8-7-10-18(5,15)16/h12,14H,6-11H2,1-5H3. The maximum Gasteiger partial charge on any atom is 0.147 e. The molecule has 0 bridgehead atoms. The molecule has 0 aromatic heterocycles. The second-order valence-electron chi connectivity index (χ2n) is 5.85. The Bertz CT molecular complexity index is 307. The van der Waals surface area contributed by atoms with Crippen LogP contribution in [0.3, 0.4) is 0 Å². The highest BCUT2D eigenvalue weighted by atomic mass is 32.2. The summed E-state index contributed by atoms with van der Waals surface area (Å²) in [4.78, 5) is 0. The predicted molar refractivity (Wildman–Crippen MR) is 76.7 cm³/mol. The molecule has 0 heterocycles. The van der Waals surface area contributed by atoms with Crippen LogP contribution in [0.5, 0.6) is 0 Å². The van der Waals surface area contributed by atoms with Crippen molar-refractivity contribution in [2.75, 3.05) is 25.2 Å². The first-order chi connectivity index (χ1) is 8.14. The maximum absolute atomic E-state index is 11.1. The zero-order valence-electron chi connectivity index (χ0n) is 12.5. The Kier molecular flexibility index (Phi) is 8.06. The minimum absolute atomic E-state index is 0.150. The van der Waals surface area contributed by atoms with Gasteiger partial charge in [-0.2, -0.15) is 0 Å². The topological polar surface area (TPSA) is 55.4 Å². The summed E-state index contributed by atoms with van der Waals surface area (Å²) in [6, 6.07) is 0.242. The molecule has 1 unspecified atom stereocenters. The van der Waals surface area contributed by atoms with Crippen molar-refractivity contribution >= 4 is 9.84 Å². The Balaban J connectivity index is 4.06. The van der Waals surface area contributed by atoms with Crippen molar-refractivity contribution in [1.82, 2.24) is 5.32 Å². The minimum atomic E-state index is -2.85. The van der Waals surface area contributed by atoms with Gasteiger partial charge >= 0.3 is 0 Å². The zero-order valence-corrected chi connectivity index (χ0v) is 13.3. The number of hydrogen-bond donors (Lipinski definition) is 1. The lowest BCUT2D eigenvalue weighted by molar-refractivity contribution is -0.0154. The number of hydrogen-bond acceptors (Lipinski definition) is 4. The number of ether oxygens (including phenoxy) is 1. The van der Waals surface area contributed by atoms with Gasteiger partial charge in [0.2, 0.25) is 0 Å². The van der Waals surface area contributed by atoms with Crippen LogP contribution in [0.2, 0.25) is 0 Å². The van der Waals surface area contributed by atoms with E-state index in [1.807, 2.05) is 20.8 Å². The molecule has 0 spiro atoms. The van der Waals surface area contributed by atoms with Gasteiger partial charge in [0.25, 0.3) is 0 Å². The van der Waals surface area contributed by atoms with Crippen molar-refractivity contribution in [1.29, 1.82) is 0 Å². The normalized spacial score (nSPS) is 14.7. The van der Waals surface area contributed by atoms with Crippen molar-refractivity contribution in [2.45, 2.75) is 58.6 Å². The van der Waals surface area contributed by atoms with E-state index in [0.717, 1.165) is 19.4 Å². The largest absolute Gasteiger partial charge is 0.374 e. The van der Waals surface area contributed by atoms with Crippen LogP contribution in [0.25, 0.3) is 0 Å². The molecular formula is C13H29NO3S. The molecule has 110 valence electrons. The molecule has 0 aromatic rings. The number of rotatable bonds is 9. The quantitative estimate of drug-likeness (QED) is 0.701. The lowest BCUT2D eigenvalue weighted by Gasteiger charge is -2.25. The van der Waals surface area contributed by atoms with Crippen LogP contribution < -0.4 is 5.32 Å². The molecule has 18 heavy (non-hydrogen) atoms. The SMILES string of the molecule is CCCNC(CCCS(C)(=O)=O)COC(C)(C)C. The van der Waals surface area contributed by atoms with Crippen molar-refractivity contribution in [3.63, 3.8) is 0 Å². The van der Waals surface area contributed by atoms with Gasteiger partial charge in [-0.15, -0.1) is 0 Å². The first-order valence-electron chi connectivity index (χ1n) is 6.69. The van der Waals surface area contributed by atoms with E-state index in [9.17, 15) is 8.42 Å². The molecule has 0 aliphatic heterocycles. The van der Waals surface area contributed by atoms with E-state index in [2.05, 4.69) is 12.2 Å². The van der Waals surface area contributed by atoms with Gasteiger partial charge in [0, 0.05) is 18.1 Å². The fraction of sp³-hybridized carbons (Fsp3) is 1.00. The lowest BCUT2D eigenvalue weighted by Crippen LogP contribution is -2.37. The van der Waals surface area contributed by atoms with Crippen molar-refractivity contribution < 1.29 is 13.2 Å². The van der Waals surface area contributed by atoms with Crippen LogP contribution in [-0.4, -0.2) is 45.2 Å². The van der Waals surface area contributed by atoms with Crippen molar-refractivity contribution in [3.8, 4) is 0 Å². The van der Waals surface area contributed by atoms with Crippen LogP contribution in [-0.2, 0) is 14.6 Å². The molecule has 0 aromatic carbocycles. The molecule has 0 saturated heterocycles. The molecule has 1 atom stereocenters. The van der Waals surface area contributed by atoms with Gasteiger partial charge in [0.15, 0.2) is 0 Å². The third-order valence-corrected chi connectivity index (χ3v) is 3.50. The van der Waals surface area contributed by atoms with E-state index >= 15 is 0 Å². The molecule has 0 rings (SSSR count). The molecule has 1 N–H and O–H groups in total. The van der Waals surface area contributed by atoms with E-state index in [4.69, 9.17) is 4.74 Å². The van der Waals surface area contributed by atoms with E-state index < -0.39 is 9.84 Å². The Morgan fingerprint density at radius 2 is 1.89 bits per heavy atom. The van der Waals surface area contributed by atoms with Gasteiger partial charge in [-0.05, 0) is 46.6 Å². The molecule has 0 fully saturated rings. The summed E-state index contributed by atoms with van der Waals surface area (Å²) in [7, 11) is -2.85. The molecule has 4 nitrogen and oxygen atoms in total. The second kappa shape index (κ2) is 8.12. The van der Waals surface area contributed by atoms with Crippen LogP contribution in [0.1, 0.15) is 47.0 Å². The van der Waals surface area contributed by atoms with Gasteiger partial charge in [0.1, 0.15) is 9.84 Å². The average Bonchev–Trinajstić information content (AvgIpc) is 2.18. The molecule has 0 radical (unpaired) electrons. The Morgan fingerprint density at radius 1 is 1.28 bits per heavy atom. The van der Waals surface area contributed by atoms with Crippen molar-refractivity contribution in [2.24, 2.45) is 0 Å². The molecule has 0 saturated carbocycles. The highest BCUT2D eigenvalue weighted by molar-refractivity contribution is 7.90. The number of nitrogens with one attached hydrogen (secondary N) is 1. The fourth-order valence-electron chi connectivity index (χ4n) is 1.54. The van der Waals surface area contributed by atoms with Crippen LogP contribution in [0.15, 0.2) is 0 Å². The van der Waals surface area contributed by atoms with E-state index in [1.165, 1.54) is 6.26 Å². The van der Waals surface area contributed by atoms with Crippen LogP contribution >= 0.6 is 0 Å².